The number of aryl methyl sites for hydroxylation is 3. The second-order valence-electron chi connectivity index (χ2n) is 7.62. The first kappa shape index (κ1) is 22.6. The number of benzene rings is 3. The number of hydrogen-bond donors (Lipinski definition) is 4. The van der Waals surface area contributed by atoms with Crippen LogP contribution in [0.15, 0.2) is 60.7 Å². The van der Waals surface area contributed by atoms with Crippen molar-refractivity contribution >= 4 is 29.1 Å². The molecule has 0 amide bonds. The molecule has 0 heterocycles. The van der Waals surface area contributed by atoms with Gasteiger partial charge in [-0.2, -0.15) is 0 Å². The van der Waals surface area contributed by atoms with Crippen LogP contribution in [0.2, 0.25) is 0 Å². The fourth-order valence-electron chi connectivity index (χ4n) is 3.63. The maximum atomic E-state index is 13.5. The number of Topliss-reactive ketones (excluding diaryl/α,β-unsaturated/α-hetero) is 1. The van der Waals surface area contributed by atoms with Gasteiger partial charge in [0.25, 0.3) is 0 Å². The van der Waals surface area contributed by atoms with Gasteiger partial charge in [-0.05, 0) is 80.4 Å². The molecule has 7 nitrogen and oxygen atoms in total. The highest BCUT2D eigenvalue weighted by Crippen LogP contribution is 2.22. The number of carbonyl (C=O) groups is 3. The maximum Gasteiger partial charge on any atom is 0.335 e. The van der Waals surface area contributed by atoms with Crippen LogP contribution in [0.3, 0.4) is 0 Å². The summed E-state index contributed by atoms with van der Waals surface area (Å²) in [5.41, 5.74) is 4.75. The Hall–Kier alpha value is -4.13. The van der Waals surface area contributed by atoms with E-state index in [9.17, 15) is 14.4 Å². The third kappa shape index (κ3) is 5.13. The van der Waals surface area contributed by atoms with Gasteiger partial charge in [-0.15, -0.1) is 0 Å². The third-order valence-electron chi connectivity index (χ3n) is 5.07. The highest BCUT2D eigenvalue weighted by Gasteiger charge is 2.24. The molecule has 0 aliphatic carbocycles. The van der Waals surface area contributed by atoms with Gasteiger partial charge in [0.15, 0.2) is 6.17 Å². The van der Waals surface area contributed by atoms with Gasteiger partial charge in [-0.1, -0.05) is 17.7 Å². The molecule has 0 spiro atoms. The number of carboxylic acids is 2. The summed E-state index contributed by atoms with van der Waals surface area (Å²) in [6.45, 7) is 5.73. The largest absolute Gasteiger partial charge is 0.478 e. The van der Waals surface area contributed by atoms with Crippen LogP contribution < -0.4 is 10.6 Å². The van der Waals surface area contributed by atoms with Gasteiger partial charge < -0.3 is 20.8 Å². The van der Waals surface area contributed by atoms with Crippen molar-refractivity contribution in [3.8, 4) is 0 Å². The molecule has 32 heavy (non-hydrogen) atoms. The van der Waals surface area contributed by atoms with E-state index >= 15 is 0 Å². The number of anilines is 2. The van der Waals surface area contributed by atoms with Gasteiger partial charge in [0.1, 0.15) is 0 Å². The lowest BCUT2D eigenvalue weighted by Gasteiger charge is -2.23. The second-order valence-corrected chi connectivity index (χ2v) is 7.62. The van der Waals surface area contributed by atoms with E-state index in [1.54, 1.807) is 24.3 Å². The Balaban J connectivity index is 1.95. The number of aromatic carboxylic acids is 2. The third-order valence-corrected chi connectivity index (χ3v) is 5.07. The Kier molecular flexibility index (Phi) is 6.59. The summed E-state index contributed by atoms with van der Waals surface area (Å²) in [4.78, 5) is 35.8. The molecular weight excluding hydrogens is 408 g/mol. The standard InChI is InChI=1S/C25H24N2O5/c1-14-12-15(2)21(16(3)13-14)22(28)23(26-19-8-4-17(5-9-19)24(29)30)27-20-10-6-18(7-11-20)25(31)32/h4-13,23,26-27H,1-3H3,(H,29,30)(H,31,32). The molecule has 7 heteroatoms. The van der Waals surface area contributed by atoms with Crippen LogP contribution in [0.5, 0.6) is 0 Å². The number of hydrogen-bond acceptors (Lipinski definition) is 5. The Bertz CT molecular complexity index is 1090. The van der Waals surface area contributed by atoms with Crippen molar-refractivity contribution in [1.29, 1.82) is 0 Å². The van der Waals surface area contributed by atoms with Crippen molar-refractivity contribution in [1.82, 2.24) is 0 Å². The fraction of sp³-hybridized carbons (Fsp3) is 0.160. The minimum absolute atomic E-state index is 0.140. The molecule has 0 atom stereocenters. The molecule has 3 aromatic rings. The number of rotatable bonds is 8. The average Bonchev–Trinajstić information content (AvgIpc) is 2.73. The van der Waals surface area contributed by atoms with E-state index in [2.05, 4.69) is 10.6 Å². The number of ketones is 1. The highest BCUT2D eigenvalue weighted by atomic mass is 16.4. The van der Waals surface area contributed by atoms with Gasteiger partial charge in [0, 0.05) is 16.9 Å². The lowest BCUT2D eigenvalue weighted by Crippen LogP contribution is -2.38. The number of carbonyl (C=O) groups excluding carboxylic acids is 1. The Labute approximate surface area is 185 Å². The smallest absolute Gasteiger partial charge is 0.335 e. The zero-order chi connectivity index (χ0) is 23.4. The first-order chi connectivity index (χ1) is 15.2. The molecule has 0 radical (unpaired) electrons. The van der Waals surface area contributed by atoms with Crippen LogP contribution in [0.25, 0.3) is 0 Å². The molecule has 0 aliphatic rings. The topological polar surface area (TPSA) is 116 Å². The van der Waals surface area contributed by atoms with Crippen molar-refractivity contribution in [2.75, 3.05) is 10.6 Å². The van der Waals surface area contributed by atoms with E-state index in [4.69, 9.17) is 10.2 Å². The van der Waals surface area contributed by atoms with Gasteiger partial charge in [0.2, 0.25) is 5.78 Å². The first-order valence-electron chi connectivity index (χ1n) is 9.97. The zero-order valence-corrected chi connectivity index (χ0v) is 18.0. The Morgan fingerprint density at radius 3 is 1.41 bits per heavy atom. The van der Waals surface area contributed by atoms with E-state index in [1.807, 2.05) is 32.9 Å². The summed E-state index contributed by atoms with van der Waals surface area (Å²) < 4.78 is 0. The van der Waals surface area contributed by atoms with Crippen molar-refractivity contribution in [3.05, 3.63) is 94.0 Å². The number of carboxylic acid groups (broad SMARTS) is 2. The van der Waals surface area contributed by atoms with Crippen LogP contribution in [0, 0.1) is 20.8 Å². The van der Waals surface area contributed by atoms with E-state index in [1.165, 1.54) is 24.3 Å². The van der Waals surface area contributed by atoms with Crippen LogP contribution in [0.1, 0.15) is 47.8 Å². The molecule has 0 saturated heterocycles. The van der Waals surface area contributed by atoms with E-state index in [-0.39, 0.29) is 16.9 Å². The predicted octanol–water partition coefficient (Wildman–Crippen LogP) is 4.74. The summed E-state index contributed by atoms with van der Waals surface area (Å²) in [6.07, 6.45) is -0.874. The molecule has 4 N–H and O–H groups in total. The minimum Gasteiger partial charge on any atom is -0.478 e. The molecule has 3 rings (SSSR count). The van der Waals surface area contributed by atoms with Crippen molar-refractivity contribution < 1.29 is 24.6 Å². The molecule has 0 aliphatic heterocycles. The SMILES string of the molecule is Cc1cc(C)c(C(=O)C(Nc2ccc(C(=O)O)cc2)Nc2ccc(C(=O)O)cc2)c(C)c1. The second kappa shape index (κ2) is 9.34. The molecule has 0 aromatic heterocycles. The van der Waals surface area contributed by atoms with E-state index in [0.717, 1.165) is 16.7 Å². The molecule has 0 saturated carbocycles. The number of nitrogens with one attached hydrogen (secondary N) is 2. The van der Waals surface area contributed by atoms with Gasteiger partial charge in [-0.25, -0.2) is 9.59 Å². The van der Waals surface area contributed by atoms with Crippen LogP contribution in [-0.2, 0) is 0 Å². The summed E-state index contributed by atoms with van der Waals surface area (Å²) in [5, 5.41) is 24.5. The molecule has 3 aromatic carbocycles. The minimum atomic E-state index is -1.04. The van der Waals surface area contributed by atoms with Crippen molar-refractivity contribution in [2.45, 2.75) is 26.9 Å². The van der Waals surface area contributed by atoms with Gasteiger partial charge in [-0.3, -0.25) is 4.79 Å². The molecular formula is C25H24N2O5. The fourth-order valence-corrected chi connectivity index (χ4v) is 3.63. The summed E-state index contributed by atoms with van der Waals surface area (Å²) >= 11 is 0. The van der Waals surface area contributed by atoms with E-state index < -0.39 is 18.1 Å². The molecule has 0 bridgehead atoms. The monoisotopic (exact) mass is 432 g/mol. The normalized spacial score (nSPS) is 10.6. The van der Waals surface area contributed by atoms with Crippen LogP contribution in [0.4, 0.5) is 11.4 Å². The predicted molar refractivity (Wildman–Crippen MR) is 123 cm³/mol. The van der Waals surface area contributed by atoms with Crippen molar-refractivity contribution in [3.63, 3.8) is 0 Å². The zero-order valence-electron chi connectivity index (χ0n) is 18.0. The lowest BCUT2D eigenvalue weighted by molar-refractivity contribution is 0.0686. The van der Waals surface area contributed by atoms with Gasteiger partial charge in [0.05, 0.1) is 11.1 Å². The molecule has 0 fully saturated rings. The molecule has 164 valence electrons. The summed E-state index contributed by atoms with van der Waals surface area (Å²) in [7, 11) is 0. The molecule has 0 unspecified atom stereocenters. The van der Waals surface area contributed by atoms with Gasteiger partial charge >= 0.3 is 11.9 Å². The average molecular weight is 432 g/mol. The maximum absolute atomic E-state index is 13.5. The Morgan fingerprint density at radius 1 is 0.688 bits per heavy atom. The Morgan fingerprint density at radius 2 is 1.06 bits per heavy atom. The van der Waals surface area contributed by atoms with Crippen LogP contribution >= 0.6 is 0 Å². The summed E-state index contributed by atoms with van der Waals surface area (Å²) in [5.74, 6) is -2.26. The van der Waals surface area contributed by atoms with Crippen LogP contribution in [-0.4, -0.2) is 34.1 Å². The first-order valence-corrected chi connectivity index (χ1v) is 9.97. The quantitative estimate of drug-likeness (QED) is 0.300. The van der Waals surface area contributed by atoms with E-state index in [0.29, 0.717) is 16.9 Å². The van der Waals surface area contributed by atoms with Crippen molar-refractivity contribution in [2.24, 2.45) is 0 Å². The lowest BCUT2D eigenvalue weighted by atomic mass is 9.95. The summed E-state index contributed by atoms with van der Waals surface area (Å²) in [6, 6.07) is 16.1. The highest BCUT2D eigenvalue weighted by molar-refractivity contribution is 6.05.